The second kappa shape index (κ2) is 8.01. The molecule has 0 bridgehead atoms. The molecule has 0 saturated carbocycles. The second-order valence-corrected chi connectivity index (χ2v) is 4.62. The lowest BCUT2D eigenvalue weighted by Gasteiger charge is -2.13. The summed E-state index contributed by atoms with van der Waals surface area (Å²) in [6.45, 7) is 7.18. The first kappa shape index (κ1) is 15.0. The van der Waals surface area contributed by atoms with Gasteiger partial charge in [-0.2, -0.15) is 4.98 Å². The first-order chi connectivity index (χ1) is 9.81. The van der Waals surface area contributed by atoms with Crippen LogP contribution in [-0.4, -0.2) is 42.4 Å². The van der Waals surface area contributed by atoms with Crippen molar-refractivity contribution in [2.45, 2.75) is 39.4 Å². The molecule has 0 amide bonds. The van der Waals surface area contributed by atoms with Crippen LogP contribution in [0.2, 0.25) is 0 Å². The number of anilines is 1. The van der Waals surface area contributed by atoms with Gasteiger partial charge in [0, 0.05) is 25.8 Å². The number of hydrogen-bond acceptors (Lipinski definition) is 6. The molecule has 2 heterocycles. The van der Waals surface area contributed by atoms with Crippen molar-refractivity contribution in [3.8, 4) is 5.88 Å². The maximum absolute atomic E-state index is 5.73. The van der Waals surface area contributed by atoms with E-state index >= 15 is 0 Å². The minimum Gasteiger partial charge on any atom is -0.475 e. The smallest absolute Gasteiger partial charge is 0.218 e. The predicted octanol–water partition coefficient (Wildman–Crippen LogP) is 2.00. The van der Waals surface area contributed by atoms with E-state index in [1.165, 1.54) is 0 Å². The molecule has 1 atom stereocenters. The van der Waals surface area contributed by atoms with Crippen LogP contribution < -0.4 is 10.1 Å². The fourth-order valence-electron chi connectivity index (χ4n) is 2.03. The molecule has 20 heavy (non-hydrogen) atoms. The average Bonchev–Trinajstić information content (AvgIpc) is 2.96. The van der Waals surface area contributed by atoms with Crippen molar-refractivity contribution in [2.75, 3.05) is 31.7 Å². The summed E-state index contributed by atoms with van der Waals surface area (Å²) in [5, 5.41) is 3.17. The molecule has 6 heteroatoms. The molecule has 1 unspecified atom stereocenters. The van der Waals surface area contributed by atoms with Crippen LogP contribution in [0.3, 0.4) is 0 Å². The van der Waals surface area contributed by atoms with E-state index in [1.807, 2.05) is 19.9 Å². The third-order valence-corrected chi connectivity index (χ3v) is 2.98. The summed E-state index contributed by atoms with van der Waals surface area (Å²) in [7, 11) is 0. The number of ether oxygens (including phenoxy) is 3. The minimum absolute atomic E-state index is 0.183. The lowest BCUT2D eigenvalue weighted by molar-refractivity contribution is 0.0658. The predicted molar refractivity (Wildman–Crippen MR) is 76.0 cm³/mol. The van der Waals surface area contributed by atoms with Crippen LogP contribution in [0.15, 0.2) is 6.07 Å². The van der Waals surface area contributed by atoms with Gasteiger partial charge in [0.25, 0.3) is 0 Å². The highest BCUT2D eigenvalue weighted by Gasteiger charge is 2.16. The maximum Gasteiger partial charge on any atom is 0.218 e. The maximum atomic E-state index is 5.73. The highest BCUT2D eigenvalue weighted by Crippen LogP contribution is 2.17. The Morgan fingerprint density at radius 1 is 1.40 bits per heavy atom. The Bertz CT molecular complexity index is 409. The molecule has 0 radical (unpaired) electrons. The molecule has 1 aliphatic rings. The van der Waals surface area contributed by atoms with Crippen molar-refractivity contribution >= 4 is 5.82 Å². The van der Waals surface area contributed by atoms with Gasteiger partial charge in [0.15, 0.2) is 5.82 Å². The van der Waals surface area contributed by atoms with Gasteiger partial charge in [0.1, 0.15) is 19.0 Å². The van der Waals surface area contributed by atoms with Crippen molar-refractivity contribution in [1.29, 1.82) is 0 Å². The Balaban J connectivity index is 1.98. The first-order valence-electron chi connectivity index (χ1n) is 7.25. The van der Waals surface area contributed by atoms with Crippen LogP contribution in [0.1, 0.15) is 32.5 Å². The van der Waals surface area contributed by atoms with Crippen molar-refractivity contribution in [1.82, 2.24) is 9.97 Å². The molecule has 1 aromatic heterocycles. The number of aromatic nitrogens is 2. The van der Waals surface area contributed by atoms with Gasteiger partial charge >= 0.3 is 0 Å². The van der Waals surface area contributed by atoms with Crippen LogP contribution >= 0.6 is 0 Å². The molecule has 1 N–H and O–H groups in total. The topological polar surface area (TPSA) is 65.5 Å². The molecule has 2 rings (SSSR count). The monoisotopic (exact) mass is 281 g/mol. The van der Waals surface area contributed by atoms with Gasteiger partial charge in [-0.3, -0.25) is 0 Å². The molecular formula is C14H23N3O3. The van der Waals surface area contributed by atoms with Gasteiger partial charge in [-0.05, 0) is 26.7 Å². The van der Waals surface area contributed by atoms with Crippen molar-refractivity contribution in [3.05, 3.63) is 11.9 Å². The van der Waals surface area contributed by atoms with E-state index < -0.39 is 0 Å². The Labute approximate surface area is 119 Å². The quantitative estimate of drug-likeness (QED) is 0.786. The van der Waals surface area contributed by atoms with Gasteiger partial charge in [-0.25, -0.2) is 4.98 Å². The molecule has 1 aliphatic heterocycles. The standard InChI is InChI=1S/C14H23N3O3/c1-3-15-12-8-14(17-13(16-12)10-18-4-2)20-9-11-6-5-7-19-11/h8,11H,3-7,9-10H2,1-2H3,(H,15,16,17). The van der Waals surface area contributed by atoms with E-state index in [0.717, 1.165) is 31.8 Å². The van der Waals surface area contributed by atoms with Gasteiger partial charge in [0.05, 0.1) is 6.10 Å². The Kier molecular flexibility index (Phi) is 6.01. The van der Waals surface area contributed by atoms with Crippen LogP contribution in [-0.2, 0) is 16.1 Å². The molecule has 0 spiro atoms. The molecule has 0 aliphatic carbocycles. The summed E-state index contributed by atoms with van der Waals surface area (Å²) >= 11 is 0. The molecule has 6 nitrogen and oxygen atoms in total. The third kappa shape index (κ3) is 4.61. The molecule has 1 saturated heterocycles. The first-order valence-corrected chi connectivity index (χ1v) is 7.25. The Morgan fingerprint density at radius 2 is 2.30 bits per heavy atom. The molecule has 1 aromatic rings. The van der Waals surface area contributed by atoms with Crippen molar-refractivity contribution in [2.24, 2.45) is 0 Å². The van der Waals surface area contributed by atoms with Crippen LogP contribution in [0.4, 0.5) is 5.82 Å². The van der Waals surface area contributed by atoms with E-state index in [9.17, 15) is 0 Å². The zero-order valence-electron chi connectivity index (χ0n) is 12.2. The van der Waals surface area contributed by atoms with Crippen LogP contribution in [0.25, 0.3) is 0 Å². The second-order valence-electron chi connectivity index (χ2n) is 4.62. The zero-order valence-corrected chi connectivity index (χ0v) is 12.2. The van der Waals surface area contributed by atoms with Crippen molar-refractivity contribution in [3.63, 3.8) is 0 Å². The summed E-state index contributed by atoms with van der Waals surface area (Å²) in [6.07, 6.45) is 2.34. The largest absolute Gasteiger partial charge is 0.475 e. The van der Waals surface area contributed by atoms with E-state index in [-0.39, 0.29) is 6.10 Å². The minimum atomic E-state index is 0.183. The van der Waals surface area contributed by atoms with Crippen LogP contribution in [0.5, 0.6) is 5.88 Å². The molecule has 0 aromatic carbocycles. The van der Waals surface area contributed by atoms with Crippen molar-refractivity contribution < 1.29 is 14.2 Å². The molecule has 1 fully saturated rings. The van der Waals surface area contributed by atoms with Gasteiger partial charge in [-0.1, -0.05) is 0 Å². The van der Waals surface area contributed by atoms with E-state index in [4.69, 9.17) is 14.2 Å². The number of hydrogen-bond donors (Lipinski definition) is 1. The number of rotatable bonds is 8. The van der Waals surface area contributed by atoms with E-state index in [1.54, 1.807) is 0 Å². The highest BCUT2D eigenvalue weighted by atomic mass is 16.5. The lowest BCUT2D eigenvalue weighted by Crippen LogP contribution is -2.17. The number of nitrogens with zero attached hydrogens (tertiary/aromatic N) is 2. The summed E-state index contributed by atoms with van der Waals surface area (Å²) in [6, 6.07) is 1.81. The Hall–Kier alpha value is -1.40. The highest BCUT2D eigenvalue weighted by molar-refractivity contribution is 5.38. The number of nitrogens with one attached hydrogen (secondary N) is 1. The fourth-order valence-corrected chi connectivity index (χ4v) is 2.03. The SMILES string of the molecule is CCNc1cc(OCC2CCCO2)nc(COCC)n1. The summed E-state index contributed by atoms with van der Waals surface area (Å²) < 4.78 is 16.6. The molecular weight excluding hydrogens is 258 g/mol. The van der Waals surface area contributed by atoms with Gasteiger partial charge in [-0.15, -0.1) is 0 Å². The zero-order chi connectivity index (χ0) is 14.2. The average molecular weight is 281 g/mol. The summed E-state index contributed by atoms with van der Waals surface area (Å²) in [5.74, 6) is 1.97. The third-order valence-electron chi connectivity index (χ3n) is 2.98. The van der Waals surface area contributed by atoms with Gasteiger partial charge in [0.2, 0.25) is 5.88 Å². The molecule has 112 valence electrons. The van der Waals surface area contributed by atoms with E-state index in [0.29, 0.717) is 31.5 Å². The normalized spacial score (nSPS) is 18.2. The summed E-state index contributed by atoms with van der Waals surface area (Å²) in [5.41, 5.74) is 0. The summed E-state index contributed by atoms with van der Waals surface area (Å²) in [4.78, 5) is 8.74. The van der Waals surface area contributed by atoms with Gasteiger partial charge < -0.3 is 19.5 Å². The van der Waals surface area contributed by atoms with E-state index in [2.05, 4.69) is 15.3 Å². The lowest BCUT2D eigenvalue weighted by atomic mass is 10.2. The fraction of sp³-hybridized carbons (Fsp3) is 0.714. The van der Waals surface area contributed by atoms with Crippen LogP contribution in [0, 0.1) is 0 Å². The Morgan fingerprint density at radius 3 is 3.00 bits per heavy atom.